The second kappa shape index (κ2) is 6.88. The molecule has 0 aromatic carbocycles. The average molecular weight is 244 g/mol. The molecule has 0 fully saturated rings. The van der Waals surface area contributed by atoms with Crippen LogP contribution in [0.2, 0.25) is 0 Å². The highest BCUT2D eigenvalue weighted by Gasteiger charge is 2.27. The average Bonchev–Trinajstić information content (AvgIpc) is 2.26. The predicted molar refractivity (Wildman–Crippen MR) is 62.3 cm³/mol. The van der Waals surface area contributed by atoms with Gasteiger partial charge in [-0.2, -0.15) is 0 Å². The molecule has 0 aliphatic rings. The number of hydrogen-bond acceptors (Lipinski definition) is 3. The van der Waals surface area contributed by atoms with Gasteiger partial charge in [-0.15, -0.1) is 0 Å². The van der Waals surface area contributed by atoms with Crippen LogP contribution in [0.1, 0.15) is 27.7 Å². The summed E-state index contributed by atoms with van der Waals surface area (Å²) in [5.41, 5.74) is 0. The normalized spacial score (nSPS) is 15.5. The van der Waals surface area contributed by atoms with E-state index in [0.29, 0.717) is 6.54 Å². The Morgan fingerprint density at radius 3 is 2.00 bits per heavy atom. The van der Waals surface area contributed by atoms with E-state index in [0.717, 1.165) is 0 Å². The van der Waals surface area contributed by atoms with Gasteiger partial charge in [0.05, 0.1) is 5.92 Å². The third kappa shape index (κ3) is 4.84. The highest BCUT2D eigenvalue weighted by atomic mass is 16.4. The Bertz CT molecular complexity index is 304. The largest absolute Gasteiger partial charge is 0.481 e. The van der Waals surface area contributed by atoms with E-state index >= 15 is 0 Å². The van der Waals surface area contributed by atoms with Crippen molar-refractivity contribution in [3.63, 3.8) is 0 Å². The first-order valence-corrected chi connectivity index (χ1v) is 5.62. The Hall–Kier alpha value is -1.59. The molecular weight excluding hydrogens is 224 g/mol. The number of carboxylic acid groups (broad SMARTS) is 1. The van der Waals surface area contributed by atoms with E-state index < -0.39 is 29.8 Å². The minimum atomic E-state index is -1.03. The van der Waals surface area contributed by atoms with E-state index in [1.807, 2.05) is 0 Å². The molecule has 0 saturated heterocycles. The van der Waals surface area contributed by atoms with Crippen LogP contribution in [0.25, 0.3) is 0 Å². The van der Waals surface area contributed by atoms with E-state index in [9.17, 15) is 14.4 Å². The summed E-state index contributed by atoms with van der Waals surface area (Å²) in [6.45, 7) is 6.81. The van der Waals surface area contributed by atoms with Crippen LogP contribution in [-0.4, -0.2) is 35.5 Å². The van der Waals surface area contributed by atoms with Crippen molar-refractivity contribution in [2.45, 2.75) is 33.7 Å². The van der Waals surface area contributed by atoms with E-state index in [-0.39, 0.29) is 5.91 Å². The van der Waals surface area contributed by atoms with E-state index in [4.69, 9.17) is 5.11 Å². The molecule has 6 nitrogen and oxygen atoms in total. The maximum Gasteiger partial charge on any atom is 0.307 e. The van der Waals surface area contributed by atoms with Crippen molar-refractivity contribution < 1.29 is 19.5 Å². The monoisotopic (exact) mass is 244 g/mol. The summed E-state index contributed by atoms with van der Waals surface area (Å²) < 4.78 is 0. The van der Waals surface area contributed by atoms with Gasteiger partial charge in [-0.1, -0.05) is 13.8 Å². The molecule has 6 heteroatoms. The Morgan fingerprint density at radius 2 is 1.59 bits per heavy atom. The van der Waals surface area contributed by atoms with Crippen molar-refractivity contribution in [1.29, 1.82) is 0 Å². The zero-order chi connectivity index (χ0) is 13.6. The number of rotatable bonds is 6. The summed E-state index contributed by atoms with van der Waals surface area (Å²) >= 11 is 0. The van der Waals surface area contributed by atoms with E-state index in [1.54, 1.807) is 13.8 Å². The molecule has 17 heavy (non-hydrogen) atoms. The lowest BCUT2D eigenvalue weighted by atomic mass is 9.95. The van der Waals surface area contributed by atoms with Crippen LogP contribution in [0.4, 0.5) is 0 Å². The highest BCUT2D eigenvalue weighted by Crippen LogP contribution is 2.11. The smallest absolute Gasteiger partial charge is 0.307 e. The van der Waals surface area contributed by atoms with Crippen LogP contribution >= 0.6 is 0 Å². The summed E-state index contributed by atoms with van der Waals surface area (Å²) in [6.07, 6.45) is 0. The van der Waals surface area contributed by atoms with Gasteiger partial charge in [0, 0.05) is 12.5 Å². The Kier molecular flexibility index (Phi) is 6.23. The van der Waals surface area contributed by atoms with Gasteiger partial charge >= 0.3 is 5.97 Å². The third-order valence-electron chi connectivity index (χ3n) is 2.66. The predicted octanol–water partition coefficient (Wildman–Crippen LogP) is -0.0160. The zero-order valence-corrected chi connectivity index (χ0v) is 10.6. The van der Waals surface area contributed by atoms with Gasteiger partial charge in [0.2, 0.25) is 11.8 Å². The molecule has 0 aliphatic heterocycles. The number of aliphatic carboxylic acids is 1. The molecule has 98 valence electrons. The van der Waals surface area contributed by atoms with Crippen LogP contribution in [0.15, 0.2) is 0 Å². The van der Waals surface area contributed by atoms with Gasteiger partial charge in [-0.3, -0.25) is 14.4 Å². The molecule has 3 atom stereocenters. The van der Waals surface area contributed by atoms with Crippen LogP contribution < -0.4 is 10.6 Å². The van der Waals surface area contributed by atoms with Crippen molar-refractivity contribution in [2.24, 2.45) is 11.8 Å². The number of likely N-dealkylation sites (N-methyl/N-ethyl adjacent to an activating group) is 1. The minimum absolute atomic E-state index is 0.281. The van der Waals surface area contributed by atoms with Crippen molar-refractivity contribution in [1.82, 2.24) is 10.6 Å². The van der Waals surface area contributed by atoms with Gasteiger partial charge in [0.15, 0.2) is 0 Å². The fraction of sp³-hybridized carbons (Fsp3) is 0.727. The maximum atomic E-state index is 11.7. The first kappa shape index (κ1) is 15.4. The summed E-state index contributed by atoms with van der Waals surface area (Å²) in [4.78, 5) is 33.7. The fourth-order valence-electron chi connectivity index (χ4n) is 1.18. The van der Waals surface area contributed by atoms with Gasteiger partial charge in [-0.05, 0) is 13.8 Å². The lowest BCUT2D eigenvalue weighted by Crippen LogP contribution is -2.47. The SMILES string of the molecule is CCNC(=O)C(C)NC(=O)C(C)C(C)C(=O)O. The highest BCUT2D eigenvalue weighted by molar-refractivity contribution is 5.89. The Balaban J connectivity index is 4.34. The first-order chi connectivity index (χ1) is 7.81. The molecule has 0 heterocycles. The number of nitrogens with one attached hydrogen (secondary N) is 2. The second-order valence-electron chi connectivity index (χ2n) is 4.04. The first-order valence-electron chi connectivity index (χ1n) is 5.62. The van der Waals surface area contributed by atoms with Gasteiger partial charge < -0.3 is 15.7 Å². The molecule has 3 unspecified atom stereocenters. The molecule has 0 rings (SSSR count). The summed E-state index contributed by atoms with van der Waals surface area (Å²) in [5, 5.41) is 13.8. The van der Waals surface area contributed by atoms with E-state index in [2.05, 4.69) is 10.6 Å². The second-order valence-corrected chi connectivity index (χ2v) is 4.04. The minimum Gasteiger partial charge on any atom is -0.481 e. The topological polar surface area (TPSA) is 95.5 Å². The van der Waals surface area contributed by atoms with E-state index in [1.165, 1.54) is 13.8 Å². The summed E-state index contributed by atoms with van der Waals surface area (Å²) in [6, 6.07) is -0.661. The molecule has 0 spiro atoms. The van der Waals surface area contributed by atoms with Crippen molar-refractivity contribution in [3.05, 3.63) is 0 Å². The van der Waals surface area contributed by atoms with Crippen molar-refractivity contribution >= 4 is 17.8 Å². The Labute approximate surface area is 101 Å². The third-order valence-corrected chi connectivity index (χ3v) is 2.66. The molecule has 0 aromatic rings. The number of carboxylic acids is 1. The lowest BCUT2D eigenvalue weighted by molar-refractivity contribution is -0.146. The van der Waals surface area contributed by atoms with Crippen LogP contribution in [0.3, 0.4) is 0 Å². The van der Waals surface area contributed by atoms with Crippen molar-refractivity contribution in [3.8, 4) is 0 Å². The molecule has 0 aliphatic carbocycles. The Morgan fingerprint density at radius 1 is 1.06 bits per heavy atom. The lowest BCUT2D eigenvalue weighted by Gasteiger charge is -2.19. The van der Waals surface area contributed by atoms with Crippen molar-refractivity contribution in [2.75, 3.05) is 6.54 Å². The van der Waals surface area contributed by atoms with Crippen LogP contribution in [0, 0.1) is 11.8 Å². The standard InChI is InChI=1S/C11H20N2O4/c1-5-12-10(15)8(4)13-9(14)6(2)7(3)11(16)17/h6-8H,5H2,1-4H3,(H,12,15)(H,13,14)(H,16,17). The molecular formula is C11H20N2O4. The van der Waals surface area contributed by atoms with Gasteiger partial charge in [-0.25, -0.2) is 0 Å². The quantitative estimate of drug-likeness (QED) is 0.612. The molecule has 0 radical (unpaired) electrons. The number of carbonyl (C=O) groups is 3. The number of carbonyl (C=O) groups excluding carboxylic acids is 2. The van der Waals surface area contributed by atoms with Gasteiger partial charge in [0.25, 0.3) is 0 Å². The molecule has 0 bridgehead atoms. The van der Waals surface area contributed by atoms with Crippen LogP contribution in [0.5, 0.6) is 0 Å². The van der Waals surface area contributed by atoms with Crippen LogP contribution in [-0.2, 0) is 14.4 Å². The van der Waals surface area contributed by atoms with Gasteiger partial charge in [0.1, 0.15) is 6.04 Å². The number of hydrogen-bond donors (Lipinski definition) is 3. The summed E-state index contributed by atoms with van der Waals surface area (Å²) in [5.74, 6) is -3.20. The number of amides is 2. The summed E-state index contributed by atoms with van der Waals surface area (Å²) in [7, 11) is 0. The molecule has 0 saturated carbocycles. The molecule has 0 aromatic heterocycles. The zero-order valence-electron chi connectivity index (χ0n) is 10.6. The maximum absolute atomic E-state index is 11.7. The molecule has 2 amide bonds. The fourth-order valence-corrected chi connectivity index (χ4v) is 1.18. The molecule has 3 N–H and O–H groups in total.